The summed E-state index contributed by atoms with van der Waals surface area (Å²) >= 11 is 1.18. The van der Waals surface area contributed by atoms with Gasteiger partial charge < -0.3 is 10.3 Å². The van der Waals surface area contributed by atoms with Crippen LogP contribution in [0.4, 0.5) is 15.8 Å². The molecule has 0 spiro atoms. The summed E-state index contributed by atoms with van der Waals surface area (Å²) in [7, 11) is 0. The Balaban J connectivity index is 1.67. The molecule has 1 aromatic heterocycles. The molecule has 9 heteroatoms. The van der Waals surface area contributed by atoms with Crippen LogP contribution in [0.2, 0.25) is 0 Å². The Kier molecular flexibility index (Phi) is 5.51. The quantitative estimate of drug-likeness (QED) is 0.375. The number of halogens is 1. The van der Waals surface area contributed by atoms with Crippen LogP contribution in [-0.4, -0.2) is 26.0 Å². The van der Waals surface area contributed by atoms with Crippen LogP contribution in [0.1, 0.15) is 6.92 Å². The van der Waals surface area contributed by atoms with E-state index >= 15 is 0 Å². The van der Waals surface area contributed by atoms with E-state index in [1.54, 1.807) is 31.3 Å². The van der Waals surface area contributed by atoms with Crippen LogP contribution in [0.5, 0.6) is 0 Å². The number of aromatic nitrogens is 2. The smallest absolute Gasteiger partial charge is 0.292 e. The Morgan fingerprint density at radius 3 is 2.67 bits per heavy atom. The summed E-state index contributed by atoms with van der Waals surface area (Å²) in [5.74, 6) is -0.706. The molecule has 1 heterocycles. The highest BCUT2D eigenvalue weighted by atomic mass is 32.2. The minimum Gasteiger partial charge on any atom is -0.333 e. The lowest BCUT2D eigenvalue weighted by atomic mass is 10.2. The number of hydrogen-bond donors (Lipinski definition) is 2. The largest absolute Gasteiger partial charge is 0.333 e. The molecule has 138 valence electrons. The van der Waals surface area contributed by atoms with Crippen LogP contribution in [-0.2, 0) is 4.79 Å². The van der Waals surface area contributed by atoms with Crippen molar-refractivity contribution in [1.29, 1.82) is 0 Å². The van der Waals surface area contributed by atoms with E-state index in [2.05, 4.69) is 15.3 Å². The highest BCUT2D eigenvalue weighted by molar-refractivity contribution is 8.00. The first-order chi connectivity index (χ1) is 12.9. The number of nitrogens with one attached hydrogen (secondary N) is 2. The number of nitro groups is 1. The summed E-state index contributed by atoms with van der Waals surface area (Å²) in [6.45, 7) is 1.68. The van der Waals surface area contributed by atoms with Crippen molar-refractivity contribution in [3.05, 3.63) is 70.7 Å². The number of H-pyrrole nitrogens is 1. The van der Waals surface area contributed by atoms with E-state index in [1.165, 1.54) is 42.1 Å². The van der Waals surface area contributed by atoms with Crippen LogP contribution in [0.3, 0.4) is 0 Å². The van der Waals surface area contributed by atoms with Gasteiger partial charge in [-0.25, -0.2) is 9.37 Å². The Bertz CT molecular complexity index is 975. The van der Waals surface area contributed by atoms with Crippen molar-refractivity contribution in [2.24, 2.45) is 0 Å². The maximum absolute atomic E-state index is 13.0. The average Bonchev–Trinajstić information content (AvgIpc) is 3.11. The van der Waals surface area contributed by atoms with Crippen LogP contribution < -0.4 is 5.32 Å². The molecule has 0 unspecified atom stereocenters. The van der Waals surface area contributed by atoms with Gasteiger partial charge in [0.25, 0.3) is 5.69 Å². The molecule has 0 bridgehead atoms. The van der Waals surface area contributed by atoms with Gasteiger partial charge in [0.2, 0.25) is 5.91 Å². The van der Waals surface area contributed by atoms with Crippen molar-refractivity contribution in [2.75, 3.05) is 5.32 Å². The zero-order valence-corrected chi connectivity index (χ0v) is 15.0. The van der Waals surface area contributed by atoms with Crippen LogP contribution >= 0.6 is 11.8 Å². The number of amides is 1. The molecule has 0 fully saturated rings. The second kappa shape index (κ2) is 8.00. The summed E-state index contributed by atoms with van der Waals surface area (Å²) in [4.78, 5) is 30.1. The Labute approximate surface area is 158 Å². The van der Waals surface area contributed by atoms with E-state index in [-0.39, 0.29) is 23.1 Å². The lowest BCUT2D eigenvalue weighted by Gasteiger charge is -2.10. The number of nitrogens with zero attached hydrogens (tertiary/aromatic N) is 2. The summed E-state index contributed by atoms with van der Waals surface area (Å²) < 4.78 is 13.0. The third-order valence-corrected chi connectivity index (χ3v) is 4.72. The molecule has 1 amide bonds. The monoisotopic (exact) mass is 386 g/mol. The predicted octanol–water partition coefficient (Wildman–Crippen LogP) is 4.24. The Morgan fingerprint density at radius 1 is 1.26 bits per heavy atom. The number of nitro benzene ring substituents is 1. The number of rotatable bonds is 6. The van der Waals surface area contributed by atoms with Gasteiger partial charge in [-0.05, 0) is 42.8 Å². The van der Waals surface area contributed by atoms with E-state index < -0.39 is 10.2 Å². The maximum atomic E-state index is 13.0. The zero-order valence-electron chi connectivity index (χ0n) is 14.2. The topological polar surface area (TPSA) is 101 Å². The van der Waals surface area contributed by atoms with Gasteiger partial charge in [-0.1, -0.05) is 23.9 Å². The second-order valence-corrected chi connectivity index (χ2v) is 6.96. The molecule has 0 radical (unpaired) electrons. The molecular formula is C18H15FN4O3S. The number of imidazole rings is 1. The van der Waals surface area contributed by atoms with Gasteiger partial charge in [-0.15, -0.1) is 0 Å². The first-order valence-electron chi connectivity index (χ1n) is 7.96. The van der Waals surface area contributed by atoms with Crippen molar-refractivity contribution in [2.45, 2.75) is 17.3 Å². The van der Waals surface area contributed by atoms with Gasteiger partial charge >= 0.3 is 0 Å². The number of hydrogen-bond acceptors (Lipinski definition) is 5. The molecule has 1 atom stereocenters. The average molecular weight is 386 g/mol. The fourth-order valence-electron chi connectivity index (χ4n) is 2.33. The molecule has 0 saturated heterocycles. The van der Waals surface area contributed by atoms with E-state index in [4.69, 9.17) is 0 Å². The van der Waals surface area contributed by atoms with Crippen LogP contribution in [0, 0.1) is 15.9 Å². The molecule has 2 N–H and O–H groups in total. The third kappa shape index (κ3) is 4.50. The number of thioether (sulfide) groups is 1. The molecular weight excluding hydrogens is 371 g/mol. The van der Waals surface area contributed by atoms with E-state index in [0.29, 0.717) is 10.9 Å². The fourth-order valence-corrected chi connectivity index (χ4v) is 3.12. The van der Waals surface area contributed by atoms with Crippen molar-refractivity contribution in [3.63, 3.8) is 0 Å². The highest BCUT2D eigenvalue weighted by Crippen LogP contribution is 2.27. The number of carbonyl (C=O) groups excluding carboxylic acids is 1. The minimum absolute atomic E-state index is 0.145. The van der Waals surface area contributed by atoms with Gasteiger partial charge in [-0.3, -0.25) is 14.9 Å². The van der Waals surface area contributed by atoms with E-state index in [1.807, 2.05) is 0 Å². The summed E-state index contributed by atoms with van der Waals surface area (Å²) in [5.41, 5.74) is 1.45. The third-order valence-electron chi connectivity index (χ3n) is 3.72. The molecule has 0 aliphatic rings. The first kappa shape index (κ1) is 18.6. The van der Waals surface area contributed by atoms with Crippen LogP contribution in [0.15, 0.2) is 59.9 Å². The first-order valence-corrected chi connectivity index (χ1v) is 8.84. The molecule has 0 saturated carbocycles. The summed E-state index contributed by atoms with van der Waals surface area (Å²) in [6.07, 6.45) is 1.60. The molecule has 0 aliphatic heterocycles. The predicted molar refractivity (Wildman–Crippen MR) is 101 cm³/mol. The Morgan fingerprint density at radius 2 is 1.96 bits per heavy atom. The number of aromatic amines is 1. The standard InChI is InChI=1S/C18H15FN4O3S/c1-11(17(24)21-14-4-2-3-5-16(14)23(25)26)27-18-20-10-15(22-18)12-6-8-13(19)9-7-12/h2-11H,1H3,(H,20,22)(H,21,24)/t11-/m1/s1. The van der Waals surface area contributed by atoms with Crippen molar-refractivity contribution in [3.8, 4) is 11.3 Å². The van der Waals surface area contributed by atoms with Gasteiger partial charge in [0, 0.05) is 6.07 Å². The normalized spacial score (nSPS) is 11.8. The Hall–Kier alpha value is -3.20. The van der Waals surface area contributed by atoms with Gasteiger partial charge in [-0.2, -0.15) is 0 Å². The number of anilines is 1. The van der Waals surface area contributed by atoms with Crippen LogP contribution in [0.25, 0.3) is 11.3 Å². The highest BCUT2D eigenvalue weighted by Gasteiger charge is 2.20. The minimum atomic E-state index is -0.547. The second-order valence-electron chi connectivity index (χ2n) is 5.63. The van der Waals surface area contributed by atoms with E-state index in [0.717, 1.165) is 5.56 Å². The van der Waals surface area contributed by atoms with Crippen molar-refractivity contribution < 1.29 is 14.1 Å². The molecule has 3 aromatic rings. The zero-order chi connectivity index (χ0) is 19.4. The number of carbonyl (C=O) groups is 1. The fraction of sp³-hybridized carbons (Fsp3) is 0.111. The molecule has 7 nitrogen and oxygen atoms in total. The maximum Gasteiger partial charge on any atom is 0.292 e. The number of benzene rings is 2. The summed E-state index contributed by atoms with van der Waals surface area (Å²) in [6, 6.07) is 11.9. The number of para-hydroxylation sites is 2. The molecule has 27 heavy (non-hydrogen) atoms. The molecule has 3 rings (SSSR count). The van der Waals surface area contributed by atoms with E-state index in [9.17, 15) is 19.3 Å². The molecule has 2 aromatic carbocycles. The van der Waals surface area contributed by atoms with Crippen molar-refractivity contribution in [1.82, 2.24) is 9.97 Å². The summed E-state index contributed by atoms with van der Waals surface area (Å²) in [5, 5.41) is 13.6. The van der Waals surface area contributed by atoms with Gasteiger partial charge in [0.05, 0.1) is 22.1 Å². The molecule has 0 aliphatic carbocycles. The lowest BCUT2D eigenvalue weighted by Crippen LogP contribution is -2.23. The lowest BCUT2D eigenvalue weighted by molar-refractivity contribution is -0.383. The SMILES string of the molecule is C[C@@H](Sc1ncc(-c2ccc(F)cc2)[nH]1)C(=O)Nc1ccccc1[N+](=O)[O-]. The van der Waals surface area contributed by atoms with Gasteiger partial charge in [0.15, 0.2) is 5.16 Å². The van der Waals surface area contributed by atoms with Crippen molar-refractivity contribution >= 4 is 29.0 Å². The van der Waals surface area contributed by atoms with Gasteiger partial charge in [0.1, 0.15) is 11.5 Å².